The lowest BCUT2D eigenvalue weighted by Crippen LogP contribution is -2.36. The molecule has 0 aromatic carbocycles. The molecule has 0 aliphatic carbocycles. The summed E-state index contributed by atoms with van der Waals surface area (Å²) >= 11 is 0. The van der Waals surface area contributed by atoms with Crippen molar-refractivity contribution in [2.75, 3.05) is 13.1 Å². The maximum Gasteiger partial charge on any atom is 0.221 e. The fourth-order valence-corrected chi connectivity index (χ4v) is 1.45. The van der Waals surface area contributed by atoms with E-state index in [0.29, 0.717) is 12.8 Å². The Morgan fingerprint density at radius 2 is 1.94 bits per heavy atom. The third kappa shape index (κ3) is 8.41. The van der Waals surface area contributed by atoms with Crippen LogP contribution in [0.5, 0.6) is 0 Å². The highest BCUT2D eigenvalue weighted by Gasteiger charge is 2.12. The van der Waals surface area contributed by atoms with E-state index in [1.165, 1.54) is 0 Å². The Morgan fingerprint density at radius 1 is 1.25 bits per heavy atom. The van der Waals surface area contributed by atoms with E-state index in [1.807, 2.05) is 6.92 Å². The first kappa shape index (κ1) is 15.1. The van der Waals surface area contributed by atoms with E-state index in [4.69, 9.17) is 0 Å². The minimum Gasteiger partial charge on any atom is -0.356 e. The molecule has 0 heterocycles. The first-order valence-electron chi connectivity index (χ1n) is 6.18. The van der Waals surface area contributed by atoms with Crippen molar-refractivity contribution in [2.24, 2.45) is 0 Å². The normalized spacial score (nSPS) is 12.1. The quantitative estimate of drug-likeness (QED) is 0.553. The molecule has 1 atom stereocenters. The van der Waals surface area contributed by atoms with E-state index < -0.39 is 0 Å². The Morgan fingerprint density at radius 3 is 2.50 bits per heavy atom. The number of hydrogen-bond acceptors (Lipinski definition) is 3. The number of hydrogen-bond donors (Lipinski definition) is 2. The molecule has 0 aliphatic rings. The second-order valence-corrected chi connectivity index (χ2v) is 3.95. The smallest absolute Gasteiger partial charge is 0.221 e. The van der Waals surface area contributed by atoms with Gasteiger partial charge in [-0.25, -0.2) is 0 Å². The molecule has 0 aliphatic heterocycles. The highest BCUT2D eigenvalue weighted by atomic mass is 16.1. The summed E-state index contributed by atoms with van der Waals surface area (Å²) in [6, 6.07) is 0.127. The van der Waals surface area contributed by atoms with Crippen molar-refractivity contribution in [3.05, 3.63) is 0 Å². The Kier molecular flexibility index (Phi) is 10.0. The molecule has 2 N–H and O–H groups in total. The first-order chi connectivity index (χ1) is 7.74. The number of nitrogens with one attached hydrogen (secondary N) is 2. The van der Waals surface area contributed by atoms with Gasteiger partial charge in [0.25, 0.3) is 0 Å². The predicted molar refractivity (Wildman–Crippen MR) is 65.3 cm³/mol. The minimum absolute atomic E-state index is 0.0707. The van der Waals surface area contributed by atoms with Crippen molar-refractivity contribution < 1.29 is 9.59 Å². The van der Waals surface area contributed by atoms with Gasteiger partial charge in [0, 0.05) is 25.4 Å². The van der Waals surface area contributed by atoms with E-state index in [2.05, 4.69) is 17.6 Å². The molecule has 94 valence electrons. The van der Waals surface area contributed by atoms with Crippen LogP contribution in [0.3, 0.4) is 0 Å². The second-order valence-electron chi connectivity index (χ2n) is 3.95. The Labute approximate surface area is 98.2 Å². The standard InChI is InChI=1S/C12H24N2O2/c1-3-7-13-11(6-5-9-15)10-12(16)14-8-4-2/h9,11,13H,3-8,10H2,1-2H3,(H,14,16). The summed E-state index contributed by atoms with van der Waals surface area (Å²) in [5, 5.41) is 6.14. The van der Waals surface area contributed by atoms with E-state index in [-0.39, 0.29) is 11.9 Å². The molecule has 0 bridgehead atoms. The largest absolute Gasteiger partial charge is 0.356 e. The van der Waals surface area contributed by atoms with Gasteiger partial charge < -0.3 is 15.4 Å². The third-order valence-electron chi connectivity index (χ3n) is 2.32. The van der Waals surface area contributed by atoms with Crippen molar-refractivity contribution in [1.82, 2.24) is 10.6 Å². The molecule has 0 spiro atoms. The molecule has 0 fully saturated rings. The van der Waals surface area contributed by atoms with Crippen LogP contribution >= 0.6 is 0 Å². The zero-order chi connectivity index (χ0) is 12.2. The van der Waals surface area contributed by atoms with Gasteiger partial charge in [-0.2, -0.15) is 0 Å². The van der Waals surface area contributed by atoms with Gasteiger partial charge in [0.05, 0.1) is 0 Å². The number of amides is 1. The average molecular weight is 228 g/mol. The molecule has 0 rings (SSSR count). The molecule has 0 saturated heterocycles. The second kappa shape index (κ2) is 10.6. The van der Waals surface area contributed by atoms with Crippen LogP contribution in [0.15, 0.2) is 0 Å². The van der Waals surface area contributed by atoms with Crippen LogP contribution in [0.2, 0.25) is 0 Å². The van der Waals surface area contributed by atoms with E-state index in [0.717, 1.165) is 38.6 Å². The van der Waals surface area contributed by atoms with Crippen LogP contribution in [-0.4, -0.2) is 31.3 Å². The fraction of sp³-hybridized carbons (Fsp3) is 0.833. The maximum atomic E-state index is 11.5. The van der Waals surface area contributed by atoms with Crippen molar-refractivity contribution in [3.63, 3.8) is 0 Å². The molecule has 1 amide bonds. The Hall–Kier alpha value is -0.900. The minimum atomic E-state index is 0.0707. The number of carbonyl (C=O) groups is 2. The molecule has 4 nitrogen and oxygen atoms in total. The van der Waals surface area contributed by atoms with Crippen molar-refractivity contribution in [2.45, 2.75) is 52.0 Å². The highest BCUT2D eigenvalue weighted by molar-refractivity contribution is 5.76. The lowest BCUT2D eigenvalue weighted by atomic mass is 10.1. The predicted octanol–water partition coefficient (Wildman–Crippen LogP) is 1.25. The molecule has 0 radical (unpaired) electrons. The zero-order valence-electron chi connectivity index (χ0n) is 10.4. The van der Waals surface area contributed by atoms with Gasteiger partial charge in [0.2, 0.25) is 5.91 Å². The molecule has 4 heteroatoms. The Bertz CT molecular complexity index is 195. The number of aldehydes is 1. The monoisotopic (exact) mass is 228 g/mol. The van der Waals surface area contributed by atoms with Crippen molar-refractivity contribution in [3.8, 4) is 0 Å². The lowest BCUT2D eigenvalue weighted by molar-refractivity contribution is -0.121. The lowest BCUT2D eigenvalue weighted by Gasteiger charge is -2.16. The highest BCUT2D eigenvalue weighted by Crippen LogP contribution is 2.01. The molecule has 1 unspecified atom stereocenters. The number of rotatable bonds is 10. The topological polar surface area (TPSA) is 58.2 Å². The van der Waals surface area contributed by atoms with Crippen LogP contribution in [0.25, 0.3) is 0 Å². The summed E-state index contributed by atoms with van der Waals surface area (Å²) in [6.45, 7) is 5.73. The van der Waals surface area contributed by atoms with Gasteiger partial charge in [-0.05, 0) is 25.8 Å². The van der Waals surface area contributed by atoms with Crippen molar-refractivity contribution >= 4 is 12.2 Å². The van der Waals surface area contributed by atoms with Gasteiger partial charge in [-0.15, -0.1) is 0 Å². The SMILES string of the molecule is CCCNC(=O)CC(CCC=O)NCCC. The van der Waals surface area contributed by atoms with Crippen molar-refractivity contribution in [1.29, 1.82) is 0 Å². The zero-order valence-corrected chi connectivity index (χ0v) is 10.4. The molecule has 16 heavy (non-hydrogen) atoms. The summed E-state index contributed by atoms with van der Waals surface area (Å²) in [6.07, 6.45) is 4.62. The molecular formula is C12H24N2O2. The molecular weight excluding hydrogens is 204 g/mol. The third-order valence-corrected chi connectivity index (χ3v) is 2.32. The van der Waals surface area contributed by atoms with Crippen LogP contribution in [0.4, 0.5) is 0 Å². The van der Waals surface area contributed by atoms with Crippen LogP contribution < -0.4 is 10.6 Å². The fourth-order valence-electron chi connectivity index (χ4n) is 1.45. The van der Waals surface area contributed by atoms with Gasteiger partial charge >= 0.3 is 0 Å². The van der Waals surface area contributed by atoms with Gasteiger partial charge in [-0.1, -0.05) is 13.8 Å². The Balaban J connectivity index is 3.87. The van der Waals surface area contributed by atoms with E-state index in [9.17, 15) is 9.59 Å². The summed E-state index contributed by atoms with van der Waals surface area (Å²) < 4.78 is 0. The molecule has 0 saturated carbocycles. The first-order valence-corrected chi connectivity index (χ1v) is 6.18. The maximum absolute atomic E-state index is 11.5. The van der Waals surface area contributed by atoms with Crippen LogP contribution in [0.1, 0.15) is 46.0 Å². The summed E-state index contributed by atoms with van der Waals surface area (Å²) in [7, 11) is 0. The molecule has 0 aromatic rings. The van der Waals surface area contributed by atoms with E-state index >= 15 is 0 Å². The molecule has 0 aromatic heterocycles. The van der Waals surface area contributed by atoms with E-state index in [1.54, 1.807) is 0 Å². The van der Waals surface area contributed by atoms with Gasteiger partial charge in [0.15, 0.2) is 0 Å². The van der Waals surface area contributed by atoms with Crippen LogP contribution in [-0.2, 0) is 9.59 Å². The van der Waals surface area contributed by atoms with Gasteiger partial charge in [-0.3, -0.25) is 4.79 Å². The number of carbonyl (C=O) groups excluding carboxylic acids is 2. The van der Waals surface area contributed by atoms with Crippen LogP contribution in [0, 0.1) is 0 Å². The van der Waals surface area contributed by atoms with Gasteiger partial charge in [0.1, 0.15) is 6.29 Å². The average Bonchev–Trinajstić information content (AvgIpc) is 2.30. The summed E-state index contributed by atoms with van der Waals surface area (Å²) in [4.78, 5) is 21.8. The summed E-state index contributed by atoms with van der Waals surface area (Å²) in [5.74, 6) is 0.0707. The summed E-state index contributed by atoms with van der Waals surface area (Å²) in [5.41, 5.74) is 0.